The smallest absolute Gasteiger partial charge is 0.326 e. The average Bonchev–Trinajstić information content (AvgIpc) is 3.28. The van der Waals surface area contributed by atoms with E-state index >= 15 is 0 Å². The number of anilines is 1. The van der Waals surface area contributed by atoms with Crippen molar-refractivity contribution in [1.82, 2.24) is 41.2 Å². The number of fused-ring (bicyclic) bond motifs is 1. The number of carbonyl (C=O) groups excluding carboxylic acids is 4. The van der Waals surface area contributed by atoms with Gasteiger partial charge in [0.1, 0.15) is 17.6 Å². The summed E-state index contributed by atoms with van der Waals surface area (Å²) in [5.74, 6) is -1.48. The minimum Gasteiger partial charge on any atom is -0.480 e. The van der Waals surface area contributed by atoms with Crippen molar-refractivity contribution < 1.29 is 38.6 Å². The maximum Gasteiger partial charge on any atom is 0.326 e. The molecule has 0 aliphatic carbocycles. The maximum absolute atomic E-state index is 12.8. The average molecular weight is 892 g/mol. The topological polar surface area (TPSA) is 256 Å². The monoisotopic (exact) mass is 892 g/mol. The molecule has 0 aliphatic rings. The summed E-state index contributed by atoms with van der Waals surface area (Å²) >= 11 is 0. The van der Waals surface area contributed by atoms with Gasteiger partial charge in [-0.05, 0) is 89.0 Å². The number of nitrogens with zero attached hydrogens (tertiary/aromatic N) is 3. The molecule has 4 amide bonds. The zero-order valence-corrected chi connectivity index (χ0v) is 37.6. The molecule has 2 aromatic heterocycles. The second-order valence-electron chi connectivity index (χ2n) is 15.5. The van der Waals surface area contributed by atoms with Gasteiger partial charge in [0.2, 0.25) is 5.91 Å². The second kappa shape index (κ2) is 32.0. The highest BCUT2D eigenvalue weighted by molar-refractivity contribution is 5.97. The summed E-state index contributed by atoms with van der Waals surface area (Å²) in [5.41, 5.74) is 1.44. The third-order valence-electron chi connectivity index (χ3n) is 10.0. The van der Waals surface area contributed by atoms with E-state index in [1.54, 1.807) is 31.2 Å². The van der Waals surface area contributed by atoms with Crippen molar-refractivity contribution in [1.29, 1.82) is 0 Å². The second-order valence-corrected chi connectivity index (χ2v) is 15.5. The largest absolute Gasteiger partial charge is 0.480 e. The van der Waals surface area contributed by atoms with Crippen LogP contribution in [0.4, 0.5) is 10.5 Å². The van der Waals surface area contributed by atoms with Crippen LogP contribution in [0.15, 0.2) is 47.4 Å². The summed E-state index contributed by atoms with van der Waals surface area (Å²) in [6.45, 7) is 7.34. The SMILES string of the molecule is CCCCCNC(=O)NCCCC/C=C\CCCCCCC(=O)NCCOCCOCCCC(=O)CC[C@H](NC(=O)c1ccc(NCc2cnc3nc(C)[nH]c(=O)c3n2)cc1)C(=O)O. The number of benzene rings is 1. The molecule has 0 fully saturated rings. The first-order valence-corrected chi connectivity index (χ1v) is 22.8. The summed E-state index contributed by atoms with van der Waals surface area (Å²) in [4.78, 5) is 88.4. The highest BCUT2D eigenvalue weighted by atomic mass is 16.5. The number of urea groups is 1. The Kier molecular flexibility index (Phi) is 26.3. The number of aromatic amines is 1. The predicted octanol–water partition coefficient (Wildman–Crippen LogP) is 5.65. The number of carboxylic acids is 1. The van der Waals surface area contributed by atoms with Crippen LogP contribution in [0.3, 0.4) is 0 Å². The number of hydrogen-bond acceptors (Lipinski definition) is 12. The summed E-state index contributed by atoms with van der Waals surface area (Å²) in [6.07, 6.45) is 18.5. The van der Waals surface area contributed by atoms with Crippen molar-refractivity contribution in [2.45, 2.75) is 129 Å². The van der Waals surface area contributed by atoms with Gasteiger partial charge in [-0.3, -0.25) is 19.2 Å². The van der Waals surface area contributed by atoms with Crippen molar-refractivity contribution in [3.8, 4) is 0 Å². The molecule has 0 saturated carbocycles. The lowest BCUT2D eigenvalue weighted by molar-refractivity contribution is -0.139. The van der Waals surface area contributed by atoms with E-state index in [0.717, 1.165) is 77.2 Å². The third kappa shape index (κ3) is 23.1. The number of aromatic nitrogens is 4. The lowest BCUT2D eigenvalue weighted by Gasteiger charge is -2.14. The number of hydrogen-bond donors (Lipinski definition) is 7. The summed E-state index contributed by atoms with van der Waals surface area (Å²) in [6, 6.07) is 5.10. The summed E-state index contributed by atoms with van der Waals surface area (Å²) in [7, 11) is 0. The quantitative estimate of drug-likeness (QED) is 0.0279. The van der Waals surface area contributed by atoms with Gasteiger partial charge in [0, 0.05) is 56.8 Å². The highest BCUT2D eigenvalue weighted by Gasteiger charge is 2.22. The zero-order valence-electron chi connectivity index (χ0n) is 37.6. The molecule has 1 atom stereocenters. The number of allylic oxidation sites excluding steroid dienone is 2. The Balaban J connectivity index is 1.12. The molecule has 18 nitrogen and oxygen atoms in total. The molecule has 0 saturated heterocycles. The molecule has 0 bridgehead atoms. The Morgan fingerprint density at radius 1 is 0.766 bits per heavy atom. The van der Waals surface area contributed by atoms with E-state index in [-0.39, 0.29) is 65.8 Å². The van der Waals surface area contributed by atoms with Gasteiger partial charge in [-0.15, -0.1) is 0 Å². The molecular weight excluding hydrogens is 823 g/mol. The molecule has 3 rings (SSSR count). The zero-order chi connectivity index (χ0) is 46.2. The number of ether oxygens (including phenoxy) is 2. The number of H-pyrrole nitrogens is 1. The molecule has 0 spiro atoms. The van der Waals surface area contributed by atoms with Crippen LogP contribution < -0.4 is 32.1 Å². The fourth-order valence-electron chi connectivity index (χ4n) is 6.42. The molecule has 0 radical (unpaired) electrons. The molecule has 3 aromatic rings. The van der Waals surface area contributed by atoms with Crippen LogP contribution in [0.2, 0.25) is 0 Å². The number of carbonyl (C=O) groups is 5. The Morgan fingerprint density at radius 3 is 2.17 bits per heavy atom. The van der Waals surface area contributed by atoms with Gasteiger partial charge in [0.25, 0.3) is 11.5 Å². The summed E-state index contributed by atoms with van der Waals surface area (Å²) < 4.78 is 11.1. The van der Waals surface area contributed by atoms with E-state index in [4.69, 9.17) is 9.47 Å². The van der Waals surface area contributed by atoms with E-state index in [9.17, 15) is 33.9 Å². The standard InChI is InChI=1S/C46H69N9O9/c1-3-4-14-25-48-46(62)49-26-15-12-10-8-6-5-7-9-11-13-18-40(57)47-27-29-64-31-30-63-28-16-17-38(56)23-24-39(45(60)61)55-43(58)35-19-21-36(22-20-35)50-32-37-33-51-42-41(54-37)44(59)53-34(2)52-42/h6,8,19-22,33,39,50H,3-5,7,9-18,23-32H2,1-2H3,(H,47,57)(H,55,58)(H,60,61)(H2,48,49,62)(H,51,52,53,59)/b8-6-/t39-/m0/s1. The number of ketones is 1. The number of amides is 4. The predicted molar refractivity (Wildman–Crippen MR) is 245 cm³/mol. The first-order valence-electron chi connectivity index (χ1n) is 22.8. The molecular formula is C46H69N9O9. The Morgan fingerprint density at radius 2 is 1.45 bits per heavy atom. The van der Waals surface area contributed by atoms with Crippen LogP contribution in [0, 0.1) is 6.92 Å². The van der Waals surface area contributed by atoms with Crippen molar-refractivity contribution in [3.63, 3.8) is 0 Å². The van der Waals surface area contributed by atoms with Crippen molar-refractivity contribution in [3.05, 3.63) is 70.0 Å². The number of aryl methyl sites for hydroxylation is 1. The first kappa shape index (κ1) is 52.6. The van der Waals surface area contributed by atoms with Crippen molar-refractivity contribution in [2.75, 3.05) is 51.4 Å². The Hall–Kier alpha value is -5.75. The molecule has 2 heterocycles. The highest BCUT2D eigenvalue weighted by Crippen LogP contribution is 2.13. The van der Waals surface area contributed by atoms with Gasteiger partial charge in [0.15, 0.2) is 11.2 Å². The van der Waals surface area contributed by atoms with E-state index in [1.165, 1.54) is 6.20 Å². The fourth-order valence-corrected chi connectivity index (χ4v) is 6.42. The van der Waals surface area contributed by atoms with Gasteiger partial charge < -0.3 is 46.1 Å². The molecule has 64 heavy (non-hydrogen) atoms. The van der Waals surface area contributed by atoms with Crippen LogP contribution in [0.25, 0.3) is 11.2 Å². The lowest BCUT2D eigenvalue weighted by Crippen LogP contribution is -2.41. The first-order chi connectivity index (χ1) is 31.0. The lowest BCUT2D eigenvalue weighted by atomic mass is 10.1. The van der Waals surface area contributed by atoms with Gasteiger partial charge in [-0.1, -0.05) is 44.8 Å². The normalized spacial score (nSPS) is 11.7. The number of Topliss-reactive ketones (excluding diaryl/α,β-unsaturated/α-hetero) is 1. The Bertz CT molecular complexity index is 1960. The molecule has 18 heteroatoms. The third-order valence-corrected chi connectivity index (χ3v) is 10.0. The van der Waals surface area contributed by atoms with Crippen LogP contribution >= 0.6 is 0 Å². The van der Waals surface area contributed by atoms with Gasteiger partial charge >= 0.3 is 12.0 Å². The van der Waals surface area contributed by atoms with Gasteiger partial charge in [-0.2, -0.15) is 0 Å². The fraction of sp³-hybridized carbons (Fsp3) is 0.587. The Labute approximate surface area is 376 Å². The number of carboxylic acid groups (broad SMARTS) is 1. The van der Waals surface area contributed by atoms with Gasteiger partial charge in [-0.25, -0.2) is 24.5 Å². The molecule has 7 N–H and O–H groups in total. The van der Waals surface area contributed by atoms with Crippen LogP contribution in [0.5, 0.6) is 0 Å². The van der Waals surface area contributed by atoms with Crippen LogP contribution in [-0.2, 0) is 30.4 Å². The van der Waals surface area contributed by atoms with Crippen molar-refractivity contribution >= 4 is 46.4 Å². The van der Waals surface area contributed by atoms with E-state index in [1.807, 2.05) is 0 Å². The number of rotatable bonds is 35. The minimum atomic E-state index is -1.23. The van der Waals surface area contributed by atoms with Crippen LogP contribution in [0.1, 0.15) is 132 Å². The molecule has 0 aliphatic heterocycles. The summed E-state index contributed by atoms with van der Waals surface area (Å²) in [5, 5.41) is 24.0. The number of unbranched alkanes of at least 4 members (excludes halogenated alkanes) is 8. The number of aliphatic carboxylic acids is 1. The van der Waals surface area contributed by atoms with Crippen molar-refractivity contribution in [2.24, 2.45) is 0 Å². The van der Waals surface area contributed by atoms with E-state index in [2.05, 4.69) is 65.6 Å². The maximum atomic E-state index is 12.8. The van der Waals surface area contributed by atoms with E-state index in [0.29, 0.717) is 69.6 Å². The number of nitrogens with one attached hydrogen (secondary N) is 6. The molecule has 352 valence electrons. The molecule has 1 aromatic carbocycles. The minimum absolute atomic E-state index is 0.00477. The van der Waals surface area contributed by atoms with Gasteiger partial charge in [0.05, 0.1) is 38.3 Å². The van der Waals surface area contributed by atoms with Crippen LogP contribution in [-0.4, -0.2) is 107 Å². The van der Waals surface area contributed by atoms with E-state index < -0.39 is 17.9 Å². The molecule has 0 unspecified atom stereocenters.